The number of fused-ring (bicyclic) bond motifs is 1. The first-order valence-corrected chi connectivity index (χ1v) is 14.8. The first-order valence-electron chi connectivity index (χ1n) is 14.1. The number of nitrogens with zero attached hydrogens (tertiary/aromatic N) is 3. The molecule has 3 aromatic carbocycles. The highest BCUT2D eigenvalue weighted by atomic mass is 35.5. The molecule has 11 heteroatoms. The van der Waals surface area contributed by atoms with Crippen molar-refractivity contribution in [3.63, 3.8) is 0 Å². The molecule has 2 amide bonds. The highest BCUT2D eigenvalue weighted by molar-refractivity contribution is 6.42. The van der Waals surface area contributed by atoms with Gasteiger partial charge in [0.25, 0.3) is 11.5 Å². The molecule has 1 aliphatic heterocycles. The third kappa shape index (κ3) is 6.30. The van der Waals surface area contributed by atoms with Gasteiger partial charge >= 0.3 is 0 Å². The van der Waals surface area contributed by atoms with Crippen molar-refractivity contribution in [2.24, 2.45) is 0 Å². The number of halogens is 2. The van der Waals surface area contributed by atoms with Crippen LogP contribution in [0.2, 0.25) is 10.0 Å². The van der Waals surface area contributed by atoms with E-state index in [4.69, 9.17) is 32.9 Å². The van der Waals surface area contributed by atoms with E-state index < -0.39 is 5.54 Å². The molecule has 44 heavy (non-hydrogen) atoms. The van der Waals surface area contributed by atoms with Gasteiger partial charge in [0.05, 0.1) is 40.6 Å². The molecule has 4 aromatic rings. The summed E-state index contributed by atoms with van der Waals surface area (Å²) >= 11 is 12.3. The fourth-order valence-corrected chi connectivity index (χ4v) is 5.60. The second-order valence-corrected chi connectivity index (χ2v) is 12.1. The number of carbonyl (C=O) groups excluding carboxylic acids is 2. The number of methoxy groups -OCH3 is 1. The summed E-state index contributed by atoms with van der Waals surface area (Å²) in [5.41, 5.74) is 2.70. The molecule has 0 fully saturated rings. The monoisotopic (exact) mass is 633 g/mol. The summed E-state index contributed by atoms with van der Waals surface area (Å²) in [6, 6.07) is 19.2. The smallest absolute Gasteiger partial charge is 0.263 e. The van der Waals surface area contributed by atoms with E-state index in [0.29, 0.717) is 50.6 Å². The Kier molecular flexibility index (Phi) is 8.72. The van der Waals surface area contributed by atoms with E-state index in [1.165, 1.54) is 6.92 Å². The summed E-state index contributed by atoms with van der Waals surface area (Å²) in [6.45, 7) is 7.47. The molecule has 0 radical (unpaired) electrons. The normalized spacial score (nSPS) is 14.5. The molecule has 1 aromatic heterocycles. The van der Waals surface area contributed by atoms with Crippen molar-refractivity contribution in [2.45, 2.75) is 52.2 Å². The van der Waals surface area contributed by atoms with Crippen LogP contribution in [0.1, 0.15) is 54.9 Å². The number of anilines is 2. The van der Waals surface area contributed by atoms with Crippen LogP contribution in [-0.2, 0) is 23.3 Å². The molecule has 1 atom stereocenters. The van der Waals surface area contributed by atoms with Crippen molar-refractivity contribution in [3.8, 4) is 11.4 Å². The number of nitrogens with one attached hydrogen (secondary N) is 2. The molecule has 0 bridgehead atoms. The summed E-state index contributed by atoms with van der Waals surface area (Å²) in [5, 5.41) is 6.89. The Bertz CT molecular complexity index is 1790. The van der Waals surface area contributed by atoms with Crippen molar-refractivity contribution in [1.82, 2.24) is 14.5 Å². The Balaban J connectivity index is 1.59. The van der Waals surface area contributed by atoms with Gasteiger partial charge in [-0.1, -0.05) is 35.3 Å². The first kappa shape index (κ1) is 31.1. The zero-order chi connectivity index (χ0) is 31.8. The molecule has 0 aliphatic carbocycles. The standard InChI is InChI=1S/C33H33Cl2N5O4/c1-19-16-26-29(18-39(19)30(42)21-6-15-27(34)28(35)17-21)37-32(38-33(3,4)22-7-13-25(44-5)14-8-22)40(31(26)43)24-11-9-23(10-12-24)36-20(2)41/h6-15,17,19H,16,18H2,1-5H3,(H,36,41)(H,37,38)/t19-/m1/s1. The highest BCUT2D eigenvalue weighted by Gasteiger charge is 2.33. The molecule has 0 saturated carbocycles. The molecule has 228 valence electrons. The minimum atomic E-state index is -0.657. The SMILES string of the molecule is COc1ccc(C(C)(C)Nc2nc3c(c(=O)n2-c2ccc(NC(C)=O)cc2)C[C@@H](C)N(C(=O)c2ccc(Cl)c(Cl)c2)C3)cc1. The van der Waals surface area contributed by atoms with Gasteiger partial charge in [-0.25, -0.2) is 9.55 Å². The van der Waals surface area contributed by atoms with Gasteiger partial charge in [0.1, 0.15) is 5.75 Å². The Labute approximate surface area is 265 Å². The minimum Gasteiger partial charge on any atom is -0.497 e. The van der Waals surface area contributed by atoms with Gasteiger partial charge in [-0.3, -0.25) is 14.4 Å². The lowest BCUT2D eigenvalue weighted by atomic mass is 9.94. The van der Waals surface area contributed by atoms with Gasteiger partial charge in [-0.15, -0.1) is 0 Å². The molecular formula is C33H33Cl2N5O4. The summed E-state index contributed by atoms with van der Waals surface area (Å²) in [5.74, 6) is 0.629. The van der Waals surface area contributed by atoms with Crippen LogP contribution in [0.15, 0.2) is 71.5 Å². The Morgan fingerprint density at radius 1 is 1.00 bits per heavy atom. The topological polar surface area (TPSA) is 106 Å². The average Bonchev–Trinajstić information content (AvgIpc) is 2.99. The summed E-state index contributed by atoms with van der Waals surface area (Å²) in [4.78, 5) is 46.0. The predicted molar refractivity (Wildman–Crippen MR) is 173 cm³/mol. The molecule has 2 N–H and O–H groups in total. The fourth-order valence-electron chi connectivity index (χ4n) is 5.31. The molecule has 9 nitrogen and oxygen atoms in total. The summed E-state index contributed by atoms with van der Waals surface area (Å²) < 4.78 is 6.87. The third-order valence-corrected chi connectivity index (χ3v) is 8.46. The lowest BCUT2D eigenvalue weighted by Crippen LogP contribution is -2.46. The van der Waals surface area contributed by atoms with Gasteiger partial charge in [0.2, 0.25) is 11.9 Å². The largest absolute Gasteiger partial charge is 0.497 e. The predicted octanol–water partition coefficient (Wildman–Crippen LogP) is 6.44. The van der Waals surface area contributed by atoms with Crippen LogP contribution in [0.25, 0.3) is 5.69 Å². The van der Waals surface area contributed by atoms with E-state index in [1.807, 2.05) is 45.0 Å². The van der Waals surface area contributed by atoms with E-state index in [2.05, 4.69) is 10.6 Å². The molecule has 2 heterocycles. The zero-order valence-electron chi connectivity index (χ0n) is 25.1. The van der Waals surface area contributed by atoms with E-state index >= 15 is 0 Å². The number of ether oxygens (including phenoxy) is 1. The van der Waals surface area contributed by atoms with Gasteiger partial charge in [-0.05, 0) is 87.4 Å². The fraction of sp³-hybridized carbons (Fsp3) is 0.273. The van der Waals surface area contributed by atoms with E-state index in [1.54, 1.807) is 59.0 Å². The lowest BCUT2D eigenvalue weighted by molar-refractivity contribution is -0.114. The molecule has 0 spiro atoms. The van der Waals surface area contributed by atoms with Crippen LogP contribution in [0.4, 0.5) is 11.6 Å². The maximum absolute atomic E-state index is 14.2. The Morgan fingerprint density at radius 2 is 1.68 bits per heavy atom. The maximum atomic E-state index is 14.2. The Hall–Kier alpha value is -4.34. The number of benzene rings is 3. The number of amides is 2. The number of aromatic nitrogens is 2. The second kappa shape index (κ2) is 12.3. The average molecular weight is 635 g/mol. The van der Waals surface area contributed by atoms with Crippen LogP contribution in [0.5, 0.6) is 5.75 Å². The van der Waals surface area contributed by atoms with Gasteiger partial charge in [-0.2, -0.15) is 0 Å². The quantitative estimate of drug-likeness (QED) is 0.243. The molecule has 5 rings (SSSR count). The van der Waals surface area contributed by atoms with Crippen LogP contribution >= 0.6 is 23.2 Å². The van der Waals surface area contributed by atoms with E-state index in [0.717, 1.165) is 11.3 Å². The first-order chi connectivity index (χ1) is 20.9. The second-order valence-electron chi connectivity index (χ2n) is 11.3. The Morgan fingerprint density at radius 3 is 2.30 bits per heavy atom. The number of hydrogen-bond acceptors (Lipinski definition) is 6. The number of carbonyl (C=O) groups is 2. The van der Waals surface area contributed by atoms with Crippen molar-refractivity contribution < 1.29 is 14.3 Å². The third-order valence-electron chi connectivity index (χ3n) is 7.72. The van der Waals surface area contributed by atoms with Gasteiger partial charge in [0, 0.05) is 29.8 Å². The van der Waals surface area contributed by atoms with Crippen molar-refractivity contribution >= 4 is 46.7 Å². The van der Waals surface area contributed by atoms with Crippen LogP contribution in [0.3, 0.4) is 0 Å². The summed E-state index contributed by atoms with van der Waals surface area (Å²) in [7, 11) is 1.61. The van der Waals surface area contributed by atoms with Crippen molar-refractivity contribution in [2.75, 3.05) is 17.7 Å². The number of hydrogen-bond donors (Lipinski definition) is 2. The van der Waals surface area contributed by atoms with E-state index in [-0.39, 0.29) is 30.0 Å². The van der Waals surface area contributed by atoms with Gasteiger partial charge in [0.15, 0.2) is 0 Å². The van der Waals surface area contributed by atoms with Gasteiger partial charge < -0.3 is 20.3 Å². The maximum Gasteiger partial charge on any atom is 0.263 e. The van der Waals surface area contributed by atoms with Crippen molar-refractivity contribution in [1.29, 1.82) is 0 Å². The zero-order valence-corrected chi connectivity index (χ0v) is 26.6. The van der Waals surface area contributed by atoms with Crippen LogP contribution < -0.4 is 20.9 Å². The minimum absolute atomic E-state index is 0.144. The summed E-state index contributed by atoms with van der Waals surface area (Å²) in [6.07, 6.45) is 0.320. The van der Waals surface area contributed by atoms with E-state index in [9.17, 15) is 14.4 Å². The lowest BCUT2D eigenvalue weighted by Gasteiger charge is -2.35. The van der Waals surface area contributed by atoms with Crippen LogP contribution in [0, 0.1) is 0 Å². The molecule has 0 saturated heterocycles. The van der Waals surface area contributed by atoms with Crippen LogP contribution in [-0.4, -0.2) is 39.4 Å². The number of rotatable bonds is 7. The molecule has 0 unspecified atom stereocenters. The molecule has 1 aliphatic rings. The van der Waals surface area contributed by atoms with Crippen molar-refractivity contribution in [3.05, 3.63) is 110 Å². The molecular weight excluding hydrogens is 601 g/mol. The highest BCUT2D eigenvalue weighted by Crippen LogP contribution is 2.31.